The molecule has 0 aliphatic rings. The van der Waals surface area contributed by atoms with Gasteiger partial charge in [-0.25, -0.2) is 4.79 Å². The minimum atomic E-state index is -0.633. The van der Waals surface area contributed by atoms with Gasteiger partial charge in [0.1, 0.15) is 5.60 Å². The van der Waals surface area contributed by atoms with Crippen LogP contribution in [-0.2, 0) is 14.3 Å². The molecule has 1 unspecified atom stereocenters. The van der Waals surface area contributed by atoms with Crippen molar-refractivity contribution in [2.24, 2.45) is 0 Å². The van der Waals surface area contributed by atoms with Gasteiger partial charge in [-0.05, 0) is 45.4 Å². The number of nitrogens with one attached hydrogen (secondary N) is 1. The average Bonchev–Trinajstić information content (AvgIpc) is 2.37. The number of halogens is 1. The van der Waals surface area contributed by atoms with Crippen LogP contribution in [0.5, 0.6) is 0 Å². The van der Waals surface area contributed by atoms with E-state index in [1.807, 2.05) is 0 Å². The zero-order chi connectivity index (χ0) is 16.8. The van der Waals surface area contributed by atoms with Gasteiger partial charge in [0.25, 0.3) is 0 Å². The molecule has 1 aromatic carbocycles. The second kappa shape index (κ2) is 8.03. The van der Waals surface area contributed by atoms with Gasteiger partial charge in [-0.3, -0.25) is 4.79 Å². The second-order valence-electron chi connectivity index (χ2n) is 5.74. The first-order valence-electron chi connectivity index (χ1n) is 7.12. The van der Waals surface area contributed by atoms with Crippen LogP contribution in [0.4, 0.5) is 4.79 Å². The topological polar surface area (TPSA) is 64.6 Å². The van der Waals surface area contributed by atoms with E-state index >= 15 is 0 Å². The average molecular weight is 328 g/mol. The highest BCUT2D eigenvalue weighted by molar-refractivity contribution is 6.30. The molecule has 0 aliphatic carbocycles. The number of alkyl carbamates (subject to hydrolysis) is 1. The molecule has 0 heterocycles. The zero-order valence-corrected chi connectivity index (χ0v) is 14.1. The van der Waals surface area contributed by atoms with Crippen molar-refractivity contribution in [3.8, 4) is 0 Å². The minimum Gasteiger partial charge on any atom is -0.465 e. The molecule has 0 spiro atoms. The molecule has 22 heavy (non-hydrogen) atoms. The zero-order valence-electron chi connectivity index (χ0n) is 13.3. The van der Waals surface area contributed by atoms with E-state index in [0.717, 1.165) is 0 Å². The fourth-order valence-electron chi connectivity index (χ4n) is 1.80. The van der Waals surface area contributed by atoms with Crippen LogP contribution in [0.25, 0.3) is 0 Å². The van der Waals surface area contributed by atoms with Gasteiger partial charge in [0.15, 0.2) is 0 Å². The van der Waals surface area contributed by atoms with Crippen LogP contribution < -0.4 is 5.32 Å². The molecule has 0 bridgehead atoms. The Balaban J connectivity index is 2.79. The Morgan fingerprint density at radius 2 is 2.00 bits per heavy atom. The van der Waals surface area contributed by atoms with Gasteiger partial charge in [0.2, 0.25) is 0 Å². The van der Waals surface area contributed by atoms with E-state index in [1.165, 1.54) is 0 Å². The summed E-state index contributed by atoms with van der Waals surface area (Å²) < 4.78 is 10.2. The van der Waals surface area contributed by atoms with E-state index in [1.54, 1.807) is 52.0 Å². The van der Waals surface area contributed by atoms with Crippen LogP contribution in [0.2, 0.25) is 5.02 Å². The maximum atomic E-state index is 12.1. The van der Waals surface area contributed by atoms with E-state index in [2.05, 4.69) is 5.32 Å². The number of benzene rings is 1. The Bertz CT molecular complexity index is 525. The fourth-order valence-corrected chi connectivity index (χ4v) is 2.00. The van der Waals surface area contributed by atoms with E-state index in [0.29, 0.717) is 10.6 Å². The maximum Gasteiger partial charge on any atom is 0.407 e. The summed E-state index contributed by atoms with van der Waals surface area (Å²) in [4.78, 5) is 23.8. The summed E-state index contributed by atoms with van der Waals surface area (Å²) in [5.41, 5.74) is 0.0848. The molecule has 1 rings (SSSR count). The van der Waals surface area contributed by atoms with Crippen LogP contribution in [-0.4, -0.2) is 30.8 Å². The minimum absolute atomic E-state index is 0.0775. The number of hydrogen-bond donors (Lipinski definition) is 1. The summed E-state index contributed by atoms with van der Waals surface area (Å²) in [5.74, 6) is -1.05. The highest BCUT2D eigenvalue weighted by Crippen LogP contribution is 2.21. The SMILES string of the molecule is CCOC(=O)C(CNC(=O)OC(C)(C)C)c1cccc(Cl)c1. The van der Waals surface area contributed by atoms with Gasteiger partial charge >= 0.3 is 12.1 Å². The van der Waals surface area contributed by atoms with Crippen LogP contribution in [0.3, 0.4) is 0 Å². The lowest BCUT2D eigenvalue weighted by molar-refractivity contribution is -0.144. The first-order valence-corrected chi connectivity index (χ1v) is 7.49. The van der Waals surface area contributed by atoms with Gasteiger partial charge in [-0.15, -0.1) is 0 Å². The molecule has 0 saturated carbocycles. The largest absolute Gasteiger partial charge is 0.465 e. The first-order chi connectivity index (χ1) is 10.2. The molecule has 122 valence electrons. The monoisotopic (exact) mass is 327 g/mol. The number of carbonyl (C=O) groups is 2. The Morgan fingerprint density at radius 1 is 1.32 bits per heavy atom. The number of rotatable bonds is 5. The molecule has 5 nitrogen and oxygen atoms in total. The predicted molar refractivity (Wildman–Crippen MR) is 85.1 cm³/mol. The Hall–Kier alpha value is -1.75. The molecule has 6 heteroatoms. The molecule has 0 saturated heterocycles. The summed E-state index contributed by atoms with van der Waals surface area (Å²) in [5, 5.41) is 3.11. The third-order valence-electron chi connectivity index (χ3n) is 2.67. The molecule has 1 N–H and O–H groups in total. The lowest BCUT2D eigenvalue weighted by atomic mass is 9.99. The van der Waals surface area contributed by atoms with Crippen molar-refractivity contribution >= 4 is 23.7 Å². The van der Waals surface area contributed by atoms with Gasteiger partial charge < -0.3 is 14.8 Å². The van der Waals surface area contributed by atoms with Gasteiger partial charge in [-0.2, -0.15) is 0 Å². The fraction of sp³-hybridized carbons (Fsp3) is 0.500. The van der Waals surface area contributed by atoms with E-state index < -0.39 is 23.6 Å². The molecule has 0 aliphatic heterocycles. The molecule has 0 radical (unpaired) electrons. The van der Waals surface area contributed by atoms with Crippen molar-refractivity contribution in [1.82, 2.24) is 5.32 Å². The van der Waals surface area contributed by atoms with E-state index in [4.69, 9.17) is 21.1 Å². The summed E-state index contributed by atoms with van der Waals surface area (Å²) in [6, 6.07) is 6.91. The van der Waals surface area contributed by atoms with Gasteiger partial charge in [-0.1, -0.05) is 23.7 Å². The van der Waals surface area contributed by atoms with Crippen LogP contribution >= 0.6 is 11.6 Å². The lowest BCUT2D eigenvalue weighted by Gasteiger charge is -2.21. The summed E-state index contributed by atoms with van der Waals surface area (Å²) in [6.45, 7) is 7.38. The number of amides is 1. The summed E-state index contributed by atoms with van der Waals surface area (Å²) in [6.07, 6.45) is -0.580. The van der Waals surface area contributed by atoms with Crippen molar-refractivity contribution in [2.45, 2.75) is 39.2 Å². The van der Waals surface area contributed by atoms with E-state index in [-0.39, 0.29) is 13.2 Å². The molecule has 0 fully saturated rings. The smallest absolute Gasteiger partial charge is 0.407 e. The molecular formula is C16H22ClNO4. The number of esters is 1. The number of hydrogen-bond acceptors (Lipinski definition) is 4. The Labute approximate surface area is 135 Å². The highest BCUT2D eigenvalue weighted by atomic mass is 35.5. The second-order valence-corrected chi connectivity index (χ2v) is 6.18. The lowest BCUT2D eigenvalue weighted by Crippen LogP contribution is -2.36. The normalized spacial score (nSPS) is 12.4. The van der Waals surface area contributed by atoms with Gasteiger partial charge in [0.05, 0.1) is 12.5 Å². The first kappa shape index (κ1) is 18.3. The van der Waals surface area contributed by atoms with Gasteiger partial charge in [0, 0.05) is 11.6 Å². The van der Waals surface area contributed by atoms with Crippen molar-refractivity contribution < 1.29 is 19.1 Å². The molecule has 1 aromatic rings. The third-order valence-corrected chi connectivity index (χ3v) is 2.91. The maximum absolute atomic E-state index is 12.1. The van der Waals surface area contributed by atoms with Crippen molar-refractivity contribution in [3.63, 3.8) is 0 Å². The third kappa shape index (κ3) is 6.35. The van der Waals surface area contributed by atoms with Crippen molar-refractivity contribution in [1.29, 1.82) is 0 Å². The Morgan fingerprint density at radius 3 is 2.55 bits per heavy atom. The van der Waals surface area contributed by atoms with Crippen LogP contribution in [0, 0.1) is 0 Å². The number of ether oxygens (including phenoxy) is 2. The molecule has 1 amide bonds. The van der Waals surface area contributed by atoms with E-state index in [9.17, 15) is 9.59 Å². The highest BCUT2D eigenvalue weighted by Gasteiger charge is 2.24. The molecular weight excluding hydrogens is 306 g/mol. The quantitative estimate of drug-likeness (QED) is 0.840. The summed E-state index contributed by atoms with van der Waals surface area (Å²) in [7, 11) is 0. The number of carbonyl (C=O) groups excluding carboxylic acids is 2. The van der Waals surface area contributed by atoms with Crippen LogP contribution in [0.1, 0.15) is 39.2 Å². The standard InChI is InChI=1S/C16H22ClNO4/c1-5-21-14(19)13(11-7-6-8-12(17)9-11)10-18-15(20)22-16(2,3)4/h6-9,13H,5,10H2,1-4H3,(H,18,20). The predicted octanol–water partition coefficient (Wildman–Crippen LogP) is 3.51. The molecule has 0 aromatic heterocycles. The Kier molecular flexibility index (Phi) is 6.68. The summed E-state index contributed by atoms with van der Waals surface area (Å²) >= 11 is 5.96. The van der Waals surface area contributed by atoms with Crippen molar-refractivity contribution in [3.05, 3.63) is 34.9 Å². The van der Waals surface area contributed by atoms with Crippen LogP contribution in [0.15, 0.2) is 24.3 Å². The van der Waals surface area contributed by atoms with Crippen molar-refractivity contribution in [2.75, 3.05) is 13.2 Å². The molecule has 1 atom stereocenters.